The molecular weight excluding hydrogens is 375 g/mol. The Morgan fingerprint density at radius 2 is 1.83 bits per heavy atom. The molecule has 1 aliphatic rings. The van der Waals surface area contributed by atoms with Gasteiger partial charge in [0.15, 0.2) is 0 Å². The smallest absolute Gasteiger partial charge is 1.00 e. The number of hydrogen-bond acceptors (Lipinski definition) is 1. The molecule has 0 aliphatic heterocycles. The number of allylic oxidation sites excluding steroid dienone is 2. The van der Waals surface area contributed by atoms with Gasteiger partial charge in [-0.05, 0) is 37.2 Å². The van der Waals surface area contributed by atoms with E-state index in [1.807, 2.05) is 0 Å². The summed E-state index contributed by atoms with van der Waals surface area (Å²) in [6.07, 6.45) is 8.01. The van der Waals surface area contributed by atoms with Gasteiger partial charge < -0.3 is 35.0 Å². The van der Waals surface area contributed by atoms with E-state index >= 15 is 0 Å². The molecular formula is C19H27Cl2N2Ti. The molecule has 2 rings (SSSR count). The summed E-state index contributed by atoms with van der Waals surface area (Å²) in [5.41, 5.74) is 5.68. The Morgan fingerprint density at radius 3 is 2.50 bits per heavy atom. The molecule has 0 amide bonds. The topological polar surface area (TPSA) is 17.3 Å². The molecule has 0 spiro atoms. The van der Waals surface area contributed by atoms with Crippen molar-refractivity contribution < 1.29 is 46.5 Å². The molecule has 0 aromatic heterocycles. The van der Waals surface area contributed by atoms with Gasteiger partial charge in [0.1, 0.15) is 0 Å². The molecule has 0 unspecified atom stereocenters. The van der Waals surface area contributed by atoms with Crippen LogP contribution in [0.2, 0.25) is 0 Å². The summed E-state index contributed by atoms with van der Waals surface area (Å²) in [5, 5.41) is 4.70. The molecule has 24 heavy (non-hydrogen) atoms. The number of hydrogen-bond donors (Lipinski definition) is 0. The van der Waals surface area contributed by atoms with Crippen LogP contribution in [0.15, 0.2) is 42.0 Å². The van der Waals surface area contributed by atoms with Gasteiger partial charge in [0.05, 0.1) is 0 Å². The first-order valence-corrected chi connectivity index (χ1v) is 7.97. The van der Waals surface area contributed by atoms with E-state index in [1.165, 1.54) is 35.1 Å². The Bertz CT molecular complexity index is 528. The molecule has 0 atom stereocenters. The van der Waals surface area contributed by atoms with E-state index in [4.69, 9.17) is 5.32 Å². The zero-order valence-corrected chi connectivity index (χ0v) is 17.9. The summed E-state index contributed by atoms with van der Waals surface area (Å²) in [5.74, 6) is 0. The number of nitrogens with zero attached hydrogens (tertiary/aromatic N) is 2. The van der Waals surface area contributed by atoms with Gasteiger partial charge in [-0.3, -0.25) is 0 Å². The van der Waals surface area contributed by atoms with E-state index < -0.39 is 0 Å². The Kier molecular flexibility index (Phi) is 15.4. The van der Waals surface area contributed by atoms with E-state index in [0.717, 1.165) is 26.1 Å². The van der Waals surface area contributed by atoms with Crippen molar-refractivity contribution in [2.24, 2.45) is 0 Å². The van der Waals surface area contributed by atoms with Crippen molar-refractivity contribution >= 4 is 5.57 Å². The zero-order valence-electron chi connectivity index (χ0n) is 14.9. The van der Waals surface area contributed by atoms with E-state index in [0.29, 0.717) is 0 Å². The summed E-state index contributed by atoms with van der Waals surface area (Å²) >= 11 is 0. The number of halogens is 2. The minimum absolute atomic E-state index is 0. The quantitative estimate of drug-likeness (QED) is 0.388. The van der Waals surface area contributed by atoms with Crippen molar-refractivity contribution in [3.63, 3.8) is 0 Å². The molecule has 0 saturated heterocycles. The maximum atomic E-state index is 4.70. The minimum atomic E-state index is 0. The van der Waals surface area contributed by atoms with Crippen LogP contribution in [0.4, 0.5) is 0 Å². The summed E-state index contributed by atoms with van der Waals surface area (Å²) in [7, 11) is 4.26. The fraction of sp³-hybridized carbons (Fsp3) is 0.474. The first-order chi connectivity index (χ1) is 10.2. The van der Waals surface area contributed by atoms with E-state index in [1.54, 1.807) is 0 Å². The third-order valence-electron chi connectivity index (χ3n) is 3.81. The van der Waals surface area contributed by atoms with Crippen LogP contribution in [0.5, 0.6) is 0 Å². The molecule has 0 bridgehead atoms. The van der Waals surface area contributed by atoms with Gasteiger partial charge in [-0.1, -0.05) is 61.7 Å². The van der Waals surface area contributed by atoms with Crippen LogP contribution in [-0.4, -0.2) is 32.1 Å². The predicted octanol–water partition coefficient (Wildman–Crippen LogP) is -1.36. The molecule has 1 aliphatic carbocycles. The predicted molar refractivity (Wildman–Crippen MR) is 92.5 cm³/mol. The third kappa shape index (κ3) is 7.86. The molecule has 0 heterocycles. The van der Waals surface area contributed by atoms with Gasteiger partial charge >= 0.3 is 21.7 Å². The Labute approximate surface area is 174 Å². The van der Waals surface area contributed by atoms with Gasteiger partial charge in [0.2, 0.25) is 0 Å². The van der Waals surface area contributed by atoms with Gasteiger partial charge in [0.25, 0.3) is 0 Å². The standard InChI is InChI=1S/C19H27N2.2ClH.Ti/c1-4-5-13-20-14-16-9-6-7-11-18(16)19-12-8-10-17(19)15-21(2)3;;;/h6-11H,4-5,12-15H2,1-3H3;2*1H;/q-1;;;+3/p-2. The fourth-order valence-corrected chi connectivity index (χ4v) is 2.74. The van der Waals surface area contributed by atoms with Crippen LogP contribution >= 0.6 is 0 Å². The number of benzene rings is 1. The summed E-state index contributed by atoms with van der Waals surface area (Å²) in [6, 6.07) is 8.75. The number of likely N-dealkylation sites (N-methyl/N-ethyl adjacent to an activating group) is 1. The van der Waals surface area contributed by atoms with Crippen molar-refractivity contribution in [3.8, 4) is 0 Å². The molecule has 2 nitrogen and oxygen atoms in total. The molecule has 1 radical (unpaired) electrons. The van der Waals surface area contributed by atoms with E-state index in [9.17, 15) is 0 Å². The van der Waals surface area contributed by atoms with Crippen LogP contribution in [-0.2, 0) is 28.3 Å². The van der Waals surface area contributed by atoms with E-state index in [-0.39, 0.29) is 46.5 Å². The average molecular weight is 402 g/mol. The molecule has 1 aromatic carbocycles. The van der Waals surface area contributed by atoms with Gasteiger partial charge in [0, 0.05) is 6.54 Å². The Morgan fingerprint density at radius 1 is 1.12 bits per heavy atom. The summed E-state index contributed by atoms with van der Waals surface area (Å²) < 4.78 is 0. The Balaban J connectivity index is 0. The van der Waals surface area contributed by atoms with Crippen LogP contribution in [0.1, 0.15) is 37.3 Å². The number of unbranched alkanes of at least 4 members (excludes halogenated alkanes) is 1. The SMILES string of the molecule is CCCC[N-]Cc1ccccc1C1=C(CN(C)C)C=CC1.[Cl-].[Cl-].[Ti+3]. The van der Waals surface area contributed by atoms with Gasteiger partial charge in [-0.2, -0.15) is 0 Å². The van der Waals surface area contributed by atoms with Crippen molar-refractivity contribution in [1.29, 1.82) is 0 Å². The van der Waals surface area contributed by atoms with Crippen LogP contribution < -0.4 is 24.8 Å². The molecule has 1 aromatic rings. The maximum Gasteiger partial charge on any atom is 3.00 e. The zero-order chi connectivity index (χ0) is 15.1. The maximum absolute atomic E-state index is 4.70. The molecule has 0 saturated carbocycles. The van der Waals surface area contributed by atoms with Crippen molar-refractivity contribution in [1.82, 2.24) is 4.90 Å². The minimum Gasteiger partial charge on any atom is -1.00 e. The van der Waals surface area contributed by atoms with Crippen LogP contribution in [0, 0.1) is 0 Å². The first-order valence-electron chi connectivity index (χ1n) is 7.97. The monoisotopic (exact) mass is 401 g/mol. The Hall–Kier alpha value is -0.0857. The van der Waals surface area contributed by atoms with Crippen LogP contribution in [0.25, 0.3) is 10.9 Å². The van der Waals surface area contributed by atoms with Gasteiger partial charge in [-0.15, -0.1) is 13.1 Å². The molecule has 131 valence electrons. The van der Waals surface area contributed by atoms with Crippen molar-refractivity contribution in [3.05, 3.63) is 58.4 Å². The molecule has 0 N–H and O–H groups in total. The molecule has 0 fully saturated rings. The van der Waals surface area contributed by atoms with Crippen LogP contribution in [0.3, 0.4) is 0 Å². The largest absolute Gasteiger partial charge is 3.00 e. The summed E-state index contributed by atoms with van der Waals surface area (Å²) in [6.45, 7) is 5.04. The summed E-state index contributed by atoms with van der Waals surface area (Å²) in [4.78, 5) is 2.24. The van der Waals surface area contributed by atoms with Crippen molar-refractivity contribution in [2.45, 2.75) is 32.7 Å². The van der Waals surface area contributed by atoms with E-state index in [2.05, 4.69) is 62.3 Å². The second kappa shape index (κ2) is 14.1. The normalized spacial score (nSPS) is 12.7. The third-order valence-corrected chi connectivity index (χ3v) is 3.81. The second-order valence-electron chi connectivity index (χ2n) is 5.96. The van der Waals surface area contributed by atoms with Crippen molar-refractivity contribution in [2.75, 3.05) is 27.2 Å². The second-order valence-corrected chi connectivity index (χ2v) is 5.96. The fourth-order valence-electron chi connectivity index (χ4n) is 2.74. The molecule has 5 heteroatoms. The first kappa shape index (κ1) is 26.1. The average Bonchev–Trinajstić information content (AvgIpc) is 2.91. The number of rotatable bonds is 8. The van der Waals surface area contributed by atoms with Gasteiger partial charge in [-0.25, -0.2) is 0 Å².